The van der Waals surface area contributed by atoms with Crippen LogP contribution in [0, 0.1) is 18.6 Å². The number of aromatic carboxylic acids is 1. The van der Waals surface area contributed by atoms with Gasteiger partial charge in [0.15, 0.2) is 0 Å². The highest BCUT2D eigenvalue weighted by atomic mass is 32.2. The van der Waals surface area contributed by atoms with Crippen LogP contribution in [-0.2, 0) is 10.0 Å². The molecule has 0 radical (unpaired) electrons. The minimum Gasteiger partial charge on any atom is -0.477 e. The van der Waals surface area contributed by atoms with E-state index in [9.17, 15) is 22.0 Å². The third-order valence-electron chi connectivity index (χ3n) is 2.53. The van der Waals surface area contributed by atoms with E-state index in [1.165, 1.54) is 13.0 Å². The van der Waals surface area contributed by atoms with Crippen molar-refractivity contribution in [1.29, 1.82) is 0 Å². The molecule has 1 aromatic heterocycles. The number of hydrogen-bond donors (Lipinski definition) is 2. The molecule has 1 heterocycles. The molecule has 0 aliphatic carbocycles. The van der Waals surface area contributed by atoms with Gasteiger partial charge < -0.3 is 5.11 Å². The molecular formula is C12H9F2NO4S2. The third kappa shape index (κ3) is 3.19. The largest absolute Gasteiger partial charge is 0.477 e. The van der Waals surface area contributed by atoms with E-state index in [1.807, 2.05) is 0 Å². The molecule has 0 saturated carbocycles. The first-order valence-electron chi connectivity index (χ1n) is 5.52. The predicted octanol–water partition coefficient (Wildman–Crippen LogP) is 2.83. The number of sulfonamides is 1. The van der Waals surface area contributed by atoms with Crippen LogP contribution in [0.5, 0.6) is 0 Å². The van der Waals surface area contributed by atoms with E-state index in [0.717, 1.165) is 12.1 Å². The number of thiophene rings is 1. The van der Waals surface area contributed by atoms with Crippen molar-refractivity contribution >= 4 is 32.3 Å². The van der Waals surface area contributed by atoms with E-state index < -0.39 is 32.5 Å². The van der Waals surface area contributed by atoms with Crippen LogP contribution in [0.1, 0.15) is 15.2 Å². The number of nitrogens with one attached hydrogen (secondary N) is 1. The maximum atomic E-state index is 13.5. The molecule has 0 fully saturated rings. The average molecular weight is 333 g/mol. The highest BCUT2D eigenvalue weighted by Gasteiger charge is 2.22. The van der Waals surface area contributed by atoms with Crippen molar-refractivity contribution in [3.05, 3.63) is 46.3 Å². The highest BCUT2D eigenvalue weighted by molar-refractivity contribution is 7.93. The molecule has 2 N–H and O–H groups in total. The summed E-state index contributed by atoms with van der Waals surface area (Å²) in [6.07, 6.45) is 0. The Balaban J connectivity index is 2.37. The van der Waals surface area contributed by atoms with Crippen molar-refractivity contribution in [2.75, 3.05) is 4.72 Å². The minimum absolute atomic E-state index is 0.0210. The number of rotatable bonds is 4. The van der Waals surface area contributed by atoms with Gasteiger partial charge in [-0.25, -0.2) is 22.0 Å². The molecule has 2 rings (SSSR count). The van der Waals surface area contributed by atoms with Crippen molar-refractivity contribution in [1.82, 2.24) is 0 Å². The van der Waals surface area contributed by atoms with Crippen LogP contribution in [-0.4, -0.2) is 19.5 Å². The van der Waals surface area contributed by atoms with Crippen molar-refractivity contribution in [3.8, 4) is 0 Å². The van der Waals surface area contributed by atoms with Gasteiger partial charge in [-0.1, -0.05) is 0 Å². The number of carbonyl (C=O) groups is 1. The second-order valence-electron chi connectivity index (χ2n) is 4.11. The van der Waals surface area contributed by atoms with Gasteiger partial charge in [0.25, 0.3) is 10.0 Å². The SMILES string of the molecule is Cc1cc(NS(=O)(=O)c2ccc(F)cc2F)sc1C(=O)O. The number of aryl methyl sites for hydroxylation is 1. The molecule has 0 aliphatic heterocycles. The maximum Gasteiger partial charge on any atom is 0.346 e. The summed E-state index contributed by atoms with van der Waals surface area (Å²) >= 11 is 0.712. The first kappa shape index (κ1) is 15.4. The van der Waals surface area contributed by atoms with Crippen molar-refractivity contribution in [2.24, 2.45) is 0 Å². The molecule has 0 saturated heterocycles. The first-order chi connectivity index (χ1) is 9.70. The van der Waals surface area contributed by atoms with Crippen LogP contribution in [0.2, 0.25) is 0 Å². The van der Waals surface area contributed by atoms with Crippen molar-refractivity contribution < 1.29 is 27.1 Å². The number of hydrogen-bond acceptors (Lipinski definition) is 4. The van der Waals surface area contributed by atoms with Gasteiger partial charge in [-0.05, 0) is 30.7 Å². The second kappa shape index (κ2) is 5.41. The van der Waals surface area contributed by atoms with Crippen LogP contribution in [0.4, 0.5) is 13.8 Å². The monoisotopic (exact) mass is 333 g/mol. The molecule has 0 unspecified atom stereocenters. The normalized spacial score (nSPS) is 11.4. The third-order valence-corrected chi connectivity index (χ3v) is 5.20. The fraction of sp³-hybridized carbons (Fsp3) is 0.0833. The zero-order valence-electron chi connectivity index (χ0n) is 10.6. The fourth-order valence-electron chi connectivity index (χ4n) is 1.63. The zero-order chi connectivity index (χ0) is 15.8. The lowest BCUT2D eigenvalue weighted by atomic mass is 10.3. The molecule has 5 nitrogen and oxygen atoms in total. The van der Waals surface area contributed by atoms with Gasteiger partial charge in [0.1, 0.15) is 26.4 Å². The van der Waals surface area contributed by atoms with Crippen LogP contribution in [0.3, 0.4) is 0 Å². The van der Waals surface area contributed by atoms with Crippen molar-refractivity contribution in [3.63, 3.8) is 0 Å². The Morgan fingerprint density at radius 1 is 1.29 bits per heavy atom. The number of carboxylic acid groups (broad SMARTS) is 1. The van der Waals surface area contributed by atoms with Gasteiger partial charge in [0.05, 0.1) is 0 Å². The molecule has 0 aliphatic rings. The van der Waals surface area contributed by atoms with Gasteiger partial charge in [-0.15, -0.1) is 11.3 Å². The first-order valence-corrected chi connectivity index (χ1v) is 7.82. The van der Waals surface area contributed by atoms with Crippen LogP contribution >= 0.6 is 11.3 Å². The van der Waals surface area contributed by atoms with Gasteiger partial charge in [-0.2, -0.15) is 0 Å². The fourth-order valence-corrected chi connectivity index (χ4v) is 3.88. The van der Waals surface area contributed by atoms with Gasteiger partial charge in [-0.3, -0.25) is 4.72 Å². The summed E-state index contributed by atoms with van der Waals surface area (Å²) in [5.41, 5.74) is 0.379. The number of benzene rings is 1. The molecule has 2 aromatic rings. The molecule has 21 heavy (non-hydrogen) atoms. The standard InChI is InChI=1S/C12H9F2NO4S2/c1-6-4-10(20-11(6)12(16)17)15-21(18,19)9-3-2-7(13)5-8(9)14/h2-5,15H,1H3,(H,16,17). The Morgan fingerprint density at radius 3 is 2.48 bits per heavy atom. The molecule has 1 aromatic carbocycles. The Hall–Kier alpha value is -2.00. The summed E-state index contributed by atoms with van der Waals surface area (Å²) in [5, 5.41) is 8.94. The summed E-state index contributed by atoms with van der Waals surface area (Å²) in [5.74, 6) is -3.31. The molecule has 0 bridgehead atoms. The highest BCUT2D eigenvalue weighted by Crippen LogP contribution is 2.29. The summed E-state index contributed by atoms with van der Waals surface area (Å²) in [4.78, 5) is 10.2. The summed E-state index contributed by atoms with van der Waals surface area (Å²) in [7, 11) is -4.26. The molecule has 0 spiro atoms. The van der Waals surface area contributed by atoms with E-state index in [2.05, 4.69) is 4.72 Å². The van der Waals surface area contributed by atoms with E-state index in [-0.39, 0.29) is 9.88 Å². The Kier molecular flexibility index (Phi) is 3.97. The second-order valence-corrected chi connectivity index (χ2v) is 6.81. The predicted molar refractivity (Wildman–Crippen MR) is 73.2 cm³/mol. The summed E-state index contributed by atoms with van der Waals surface area (Å²) in [6.45, 7) is 1.51. The maximum absolute atomic E-state index is 13.5. The van der Waals surface area contributed by atoms with Crippen LogP contribution in [0.15, 0.2) is 29.2 Å². The molecule has 0 amide bonds. The zero-order valence-corrected chi connectivity index (χ0v) is 12.2. The lowest BCUT2D eigenvalue weighted by molar-refractivity contribution is 0.0701. The topological polar surface area (TPSA) is 83.5 Å². The van der Waals surface area contributed by atoms with Gasteiger partial charge in [0.2, 0.25) is 0 Å². The number of halogens is 2. The van der Waals surface area contributed by atoms with E-state index in [1.54, 1.807) is 0 Å². The van der Waals surface area contributed by atoms with E-state index >= 15 is 0 Å². The molecule has 0 atom stereocenters. The average Bonchev–Trinajstić information content (AvgIpc) is 2.68. The van der Waals surface area contributed by atoms with Crippen molar-refractivity contribution in [2.45, 2.75) is 11.8 Å². The molecule has 112 valence electrons. The lowest BCUT2D eigenvalue weighted by Crippen LogP contribution is -2.13. The number of carboxylic acids is 1. The Labute approximate surface area is 122 Å². The Morgan fingerprint density at radius 2 is 1.95 bits per heavy atom. The number of anilines is 1. The molecule has 9 heteroatoms. The smallest absolute Gasteiger partial charge is 0.346 e. The van der Waals surface area contributed by atoms with Crippen LogP contribution in [0.25, 0.3) is 0 Å². The van der Waals surface area contributed by atoms with Gasteiger partial charge >= 0.3 is 5.97 Å². The van der Waals surface area contributed by atoms with E-state index in [0.29, 0.717) is 23.0 Å². The quantitative estimate of drug-likeness (QED) is 0.901. The van der Waals surface area contributed by atoms with Gasteiger partial charge in [0, 0.05) is 6.07 Å². The Bertz CT molecular complexity index is 815. The molecular weight excluding hydrogens is 324 g/mol. The lowest BCUT2D eigenvalue weighted by Gasteiger charge is -2.06. The summed E-state index contributed by atoms with van der Waals surface area (Å²) in [6, 6.07) is 3.40. The summed E-state index contributed by atoms with van der Waals surface area (Å²) < 4.78 is 52.4. The van der Waals surface area contributed by atoms with E-state index in [4.69, 9.17) is 5.11 Å². The van der Waals surface area contributed by atoms with Crippen LogP contribution < -0.4 is 4.72 Å². The minimum atomic E-state index is -4.26.